The van der Waals surface area contributed by atoms with Crippen molar-refractivity contribution in [2.75, 3.05) is 24.4 Å². The lowest BCUT2D eigenvalue weighted by molar-refractivity contribution is -0.123. The van der Waals surface area contributed by atoms with Gasteiger partial charge in [0.05, 0.1) is 36.8 Å². The van der Waals surface area contributed by atoms with Crippen LogP contribution in [0.2, 0.25) is 0 Å². The van der Waals surface area contributed by atoms with E-state index in [-0.39, 0.29) is 63.8 Å². The quantitative estimate of drug-likeness (QED) is 0.209. The predicted octanol–water partition coefficient (Wildman–Crippen LogP) is 4.95. The van der Waals surface area contributed by atoms with E-state index in [0.717, 1.165) is 33.2 Å². The molecule has 2 aliphatic carbocycles. The molecule has 2 saturated carbocycles. The molecule has 1 saturated heterocycles. The molecule has 3 aromatic carbocycles. The van der Waals surface area contributed by atoms with E-state index in [1.807, 2.05) is 36.4 Å². The van der Waals surface area contributed by atoms with Crippen molar-refractivity contribution in [3.05, 3.63) is 92.9 Å². The largest absolute Gasteiger partial charge is 0.508 e. The molecule has 2 N–H and O–H groups in total. The summed E-state index contributed by atoms with van der Waals surface area (Å²) >= 11 is 2.71. The number of fused-ring (bicyclic) bond motifs is 9. The maximum absolute atomic E-state index is 14.0. The van der Waals surface area contributed by atoms with Crippen LogP contribution >= 0.6 is 23.1 Å². The molecule has 3 fully saturated rings. The summed E-state index contributed by atoms with van der Waals surface area (Å²) < 4.78 is 12.7. The number of rotatable bonds is 7. The SMILES string of the molecule is COc1ccc(C2c3sc(=O)n(CC(=O)Nc4ccc(O)cc4)c3SC3C4CC(C5C(=O)N(c6ccccc6)C(=O)C45)C23)cc1OC. The third kappa shape index (κ3) is 4.60. The van der Waals surface area contributed by atoms with E-state index in [9.17, 15) is 24.3 Å². The van der Waals surface area contributed by atoms with Crippen LogP contribution in [-0.4, -0.2) is 46.9 Å². The van der Waals surface area contributed by atoms with E-state index in [4.69, 9.17) is 9.47 Å². The molecule has 0 spiro atoms. The van der Waals surface area contributed by atoms with Crippen molar-refractivity contribution in [1.29, 1.82) is 0 Å². The van der Waals surface area contributed by atoms with Crippen LogP contribution < -0.4 is 24.6 Å². The molecular weight excluding hydrogens is 639 g/mol. The summed E-state index contributed by atoms with van der Waals surface area (Å²) in [5.74, 6) is -0.661. The van der Waals surface area contributed by atoms with Gasteiger partial charge in [-0.25, -0.2) is 0 Å². The number of methoxy groups -OCH3 is 2. The molecule has 47 heavy (non-hydrogen) atoms. The molecule has 2 aliphatic heterocycles. The lowest BCUT2D eigenvalue weighted by Crippen LogP contribution is -2.43. The van der Waals surface area contributed by atoms with E-state index < -0.39 is 11.8 Å². The van der Waals surface area contributed by atoms with Crippen molar-refractivity contribution >= 4 is 52.2 Å². The van der Waals surface area contributed by atoms with Gasteiger partial charge in [-0.2, -0.15) is 0 Å². The molecule has 2 bridgehead atoms. The molecule has 240 valence electrons. The highest BCUT2D eigenvalue weighted by molar-refractivity contribution is 8.00. The second-order valence-corrected chi connectivity index (χ2v) is 14.6. The molecule has 0 radical (unpaired) electrons. The molecular formula is C35H31N3O7S2. The minimum absolute atomic E-state index is 0.0124. The number of anilines is 2. The number of aromatic nitrogens is 1. The number of hydrogen-bond donors (Lipinski definition) is 2. The number of benzene rings is 3. The van der Waals surface area contributed by atoms with Crippen LogP contribution in [0.3, 0.4) is 0 Å². The minimum atomic E-state index is -0.425. The molecule has 3 heterocycles. The van der Waals surface area contributed by atoms with Gasteiger partial charge in [0.15, 0.2) is 11.5 Å². The average molecular weight is 670 g/mol. The Morgan fingerprint density at radius 1 is 0.915 bits per heavy atom. The van der Waals surface area contributed by atoms with Crippen molar-refractivity contribution < 1.29 is 29.0 Å². The fourth-order valence-electron chi connectivity index (χ4n) is 8.39. The maximum atomic E-state index is 14.0. The molecule has 12 heteroatoms. The van der Waals surface area contributed by atoms with Gasteiger partial charge in [0.2, 0.25) is 17.7 Å². The van der Waals surface area contributed by atoms with Gasteiger partial charge in [-0.1, -0.05) is 35.6 Å². The fourth-order valence-corrected chi connectivity index (χ4v) is 11.5. The number of hydrogen-bond acceptors (Lipinski definition) is 9. The van der Waals surface area contributed by atoms with Crippen LogP contribution in [0.25, 0.3) is 0 Å². The number of thioether (sulfide) groups is 1. The Morgan fingerprint density at radius 2 is 1.62 bits per heavy atom. The molecule has 4 aromatic rings. The number of imide groups is 1. The number of para-hydroxylation sites is 1. The summed E-state index contributed by atoms with van der Waals surface area (Å²) in [6, 6.07) is 21.0. The number of carbonyl (C=O) groups is 3. The van der Waals surface area contributed by atoms with Crippen molar-refractivity contribution in [3.63, 3.8) is 0 Å². The van der Waals surface area contributed by atoms with E-state index in [1.54, 1.807) is 50.2 Å². The molecule has 8 rings (SSSR count). The van der Waals surface area contributed by atoms with Gasteiger partial charge in [-0.05, 0) is 78.3 Å². The van der Waals surface area contributed by atoms with Gasteiger partial charge < -0.3 is 19.9 Å². The fraction of sp³-hybridized carbons (Fsp3) is 0.314. The van der Waals surface area contributed by atoms with E-state index in [1.165, 1.54) is 21.6 Å². The lowest BCUT2D eigenvalue weighted by Gasteiger charge is -2.43. The Bertz CT molecular complexity index is 1970. The molecule has 4 aliphatic rings. The van der Waals surface area contributed by atoms with Gasteiger partial charge in [-0.15, -0.1) is 11.8 Å². The van der Waals surface area contributed by atoms with Crippen molar-refractivity contribution in [2.24, 2.45) is 29.6 Å². The monoisotopic (exact) mass is 669 g/mol. The smallest absolute Gasteiger partial charge is 0.308 e. The third-order valence-corrected chi connectivity index (χ3v) is 13.0. The maximum Gasteiger partial charge on any atom is 0.308 e. The van der Waals surface area contributed by atoms with Crippen LogP contribution in [-0.2, 0) is 20.9 Å². The molecule has 3 amide bonds. The van der Waals surface area contributed by atoms with Crippen LogP contribution in [0, 0.1) is 29.6 Å². The first kappa shape index (κ1) is 29.8. The Labute approximate surface area is 278 Å². The standard InChI is InChI=1S/C35H31N3O7S2/c1-44-23-13-8-17(14-24(23)45-2)26-27-21-15-22(29-28(21)32(41)38(33(29)42)19-6-4-3-5-7-19)30(27)46-34-31(26)47-35(43)37(34)16-25(40)36-18-9-11-20(39)12-10-18/h3-14,21-22,26-30,39H,15-16H2,1-2H3,(H,36,40). The Balaban J connectivity index is 1.20. The van der Waals surface area contributed by atoms with E-state index in [0.29, 0.717) is 22.9 Å². The van der Waals surface area contributed by atoms with Crippen LogP contribution in [0.15, 0.2) is 82.6 Å². The third-order valence-electron chi connectivity index (χ3n) is 10.2. The first-order valence-electron chi connectivity index (χ1n) is 15.4. The summed E-state index contributed by atoms with van der Waals surface area (Å²) in [6.07, 6.45) is 0.752. The molecule has 1 aromatic heterocycles. The summed E-state index contributed by atoms with van der Waals surface area (Å²) in [6.45, 7) is -0.187. The summed E-state index contributed by atoms with van der Waals surface area (Å²) in [5.41, 5.74) is 2.03. The summed E-state index contributed by atoms with van der Waals surface area (Å²) in [4.78, 5) is 56.8. The average Bonchev–Trinajstić information content (AvgIpc) is 3.80. The molecule has 7 atom stereocenters. The normalized spacial score (nSPS) is 26.9. The van der Waals surface area contributed by atoms with Gasteiger partial charge in [0, 0.05) is 21.7 Å². The number of phenols is 1. The highest BCUT2D eigenvalue weighted by Crippen LogP contribution is 2.69. The van der Waals surface area contributed by atoms with E-state index in [2.05, 4.69) is 5.32 Å². The number of ether oxygens (including phenoxy) is 2. The van der Waals surface area contributed by atoms with Gasteiger partial charge in [-0.3, -0.25) is 28.6 Å². The van der Waals surface area contributed by atoms with Gasteiger partial charge in [0.25, 0.3) is 0 Å². The predicted molar refractivity (Wildman–Crippen MR) is 177 cm³/mol. The number of aromatic hydroxyl groups is 1. The highest BCUT2D eigenvalue weighted by atomic mass is 32.2. The second kappa shape index (κ2) is 11.3. The Kier molecular flexibility index (Phi) is 7.17. The first-order valence-corrected chi connectivity index (χ1v) is 17.1. The van der Waals surface area contributed by atoms with Crippen molar-refractivity contribution in [2.45, 2.75) is 29.2 Å². The van der Waals surface area contributed by atoms with Crippen LogP contribution in [0.1, 0.15) is 22.8 Å². The zero-order chi connectivity index (χ0) is 32.6. The zero-order valence-electron chi connectivity index (χ0n) is 25.5. The topological polar surface area (TPSA) is 127 Å². The number of carbonyl (C=O) groups excluding carboxylic acids is 3. The Morgan fingerprint density at radius 3 is 2.32 bits per heavy atom. The number of thiazole rings is 1. The number of nitrogens with zero attached hydrogens (tertiary/aromatic N) is 2. The van der Waals surface area contributed by atoms with E-state index >= 15 is 0 Å². The Hall–Kier alpha value is -4.55. The summed E-state index contributed by atoms with van der Waals surface area (Å²) in [5, 5.41) is 13.1. The van der Waals surface area contributed by atoms with Gasteiger partial charge in [0.1, 0.15) is 12.3 Å². The van der Waals surface area contributed by atoms with Gasteiger partial charge >= 0.3 is 4.87 Å². The first-order chi connectivity index (χ1) is 22.8. The van der Waals surface area contributed by atoms with Crippen molar-refractivity contribution in [3.8, 4) is 17.2 Å². The molecule has 10 nitrogen and oxygen atoms in total. The number of amides is 3. The minimum Gasteiger partial charge on any atom is -0.508 e. The van der Waals surface area contributed by atoms with Crippen LogP contribution in [0.5, 0.6) is 17.2 Å². The summed E-state index contributed by atoms with van der Waals surface area (Å²) in [7, 11) is 3.16. The van der Waals surface area contributed by atoms with Crippen LogP contribution in [0.4, 0.5) is 11.4 Å². The zero-order valence-corrected chi connectivity index (χ0v) is 27.1. The van der Waals surface area contributed by atoms with Crippen molar-refractivity contribution in [1.82, 2.24) is 4.57 Å². The number of nitrogens with one attached hydrogen (secondary N) is 1. The highest BCUT2D eigenvalue weighted by Gasteiger charge is 2.69. The number of phenolic OH excluding ortho intramolecular Hbond substituents is 1. The second-order valence-electron chi connectivity index (χ2n) is 12.4. The lowest BCUT2D eigenvalue weighted by atomic mass is 9.68. The molecule has 7 unspecified atom stereocenters.